The van der Waals surface area contributed by atoms with Crippen LogP contribution in [0.5, 0.6) is 0 Å². The molecule has 2 aromatic heterocycles. The number of aliphatic hydroxyl groups is 3. The van der Waals surface area contributed by atoms with Crippen LogP contribution < -0.4 is 4.90 Å². The standard InChI is InChI=1S/C14H19N5O4/c20-5-10-9(22)3-11(23-10)19-7-17-12-13(15-6-16-14(12)19)18-2-1-8(21)4-18/h6-11,20-22H,1-5H2/t8-,9-,10-,11-/m1/s1. The lowest BCUT2D eigenvalue weighted by atomic mass is 10.2. The Hall–Kier alpha value is -1.81. The molecule has 0 aliphatic carbocycles. The molecule has 0 unspecified atom stereocenters. The second kappa shape index (κ2) is 5.68. The van der Waals surface area contributed by atoms with Crippen LogP contribution in [0.15, 0.2) is 12.7 Å². The maximum Gasteiger partial charge on any atom is 0.167 e. The van der Waals surface area contributed by atoms with Crippen LogP contribution in [-0.4, -0.2) is 72.8 Å². The molecule has 4 rings (SSSR count). The summed E-state index contributed by atoms with van der Waals surface area (Å²) >= 11 is 0. The number of rotatable bonds is 3. The molecule has 9 heteroatoms. The Balaban J connectivity index is 1.68. The molecule has 4 atom stereocenters. The first-order valence-electron chi connectivity index (χ1n) is 7.72. The van der Waals surface area contributed by atoms with Crippen molar-refractivity contribution in [2.45, 2.75) is 37.4 Å². The van der Waals surface area contributed by atoms with Gasteiger partial charge in [-0.25, -0.2) is 15.0 Å². The zero-order chi connectivity index (χ0) is 16.0. The fourth-order valence-electron chi connectivity index (χ4n) is 3.27. The number of imidazole rings is 1. The van der Waals surface area contributed by atoms with Gasteiger partial charge in [-0.15, -0.1) is 0 Å². The summed E-state index contributed by atoms with van der Waals surface area (Å²) in [5.41, 5.74) is 1.26. The monoisotopic (exact) mass is 321 g/mol. The zero-order valence-corrected chi connectivity index (χ0v) is 12.5. The van der Waals surface area contributed by atoms with Crippen LogP contribution in [-0.2, 0) is 4.74 Å². The molecule has 2 fully saturated rings. The van der Waals surface area contributed by atoms with Gasteiger partial charge in [0.05, 0.1) is 25.1 Å². The molecule has 0 saturated carbocycles. The maximum absolute atomic E-state index is 9.90. The van der Waals surface area contributed by atoms with Gasteiger partial charge in [0.2, 0.25) is 0 Å². The third kappa shape index (κ3) is 2.45. The largest absolute Gasteiger partial charge is 0.394 e. The minimum atomic E-state index is -0.711. The van der Waals surface area contributed by atoms with Crippen molar-refractivity contribution in [3.63, 3.8) is 0 Å². The van der Waals surface area contributed by atoms with E-state index >= 15 is 0 Å². The second-order valence-electron chi connectivity index (χ2n) is 6.02. The van der Waals surface area contributed by atoms with E-state index in [0.717, 1.165) is 6.54 Å². The Morgan fingerprint density at radius 3 is 2.83 bits per heavy atom. The van der Waals surface area contributed by atoms with Crippen LogP contribution in [0.2, 0.25) is 0 Å². The van der Waals surface area contributed by atoms with Crippen LogP contribution >= 0.6 is 0 Å². The van der Waals surface area contributed by atoms with Gasteiger partial charge in [-0.3, -0.25) is 4.57 Å². The molecule has 2 aliphatic heterocycles. The molecule has 2 aliphatic rings. The first-order valence-corrected chi connectivity index (χ1v) is 7.72. The summed E-state index contributed by atoms with van der Waals surface area (Å²) in [7, 11) is 0. The van der Waals surface area contributed by atoms with Crippen LogP contribution in [0.3, 0.4) is 0 Å². The molecule has 2 saturated heterocycles. The van der Waals surface area contributed by atoms with Gasteiger partial charge in [-0.1, -0.05) is 0 Å². The first kappa shape index (κ1) is 14.8. The quantitative estimate of drug-likeness (QED) is 0.662. The molecule has 0 spiro atoms. The third-order valence-corrected chi connectivity index (χ3v) is 4.50. The Labute approximate surface area is 132 Å². The minimum Gasteiger partial charge on any atom is -0.394 e. The van der Waals surface area contributed by atoms with Gasteiger partial charge in [0.15, 0.2) is 17.0 Å². The molecule has 124 valence electrons. The molecule has 0 amide bonds. The first-order chi connectivity index (χ1) is 11.2. The molecule has 9 nitrogen and oxygen atoms in total. The van der Waals surface area contributed by atoms with Crippen molar-refractivity contribution in [3.05, 3.63) is 12.7 Å². The highest BCUT2D eigenvalue weighted by atomic mass is 16.5. The Kier molecular flexibility index (Phi) is 3.64. The van der Waals surface area contributed by atoms with Crippen molar-refractivity contribution in [2.24, 2.45) is 0 Å². The van der Waals surface area contributed by atoms with Gasteiger partial charge in [-0.2, -0.15) is 0 Å². The van der Waals surface area contributed by atoms with E-state index in [-0.39, 0.29) is 12.7 Å². The van der Waals surface area contributed by atoms with Crippen LogP contribution in [0, 0.1) is 0 Å². The van der Waals surface area contributed by atoms with Crippen molar-refractivity contribution in [1.82, 2.24) is 19.5 Å². The summed E-state index contributed by atoms with van der Waals surface area (Å²) in [6.45, 7) is 1.03. The predicted molar refractivity (Wildman–Crippen MR) is 79.8 cm³/mol. The summed E-state index contributed by atoms with van der Waals surface area (Å²) in [6, 6.07) is 0. The number of hydrogen-bond donors (Lipinski definition) is 3. The Morgan fingerprint density at radius 2 is 2.13 bits per heavy atom. The number of β-amino-alcohol motifs (C(OH)–C–C–N with tert-alkyl or cyclic N) is 1. The van der Waals surface area contributed by atoms with Crippen molar-refractivity contribution >= 4 is 17.0 Å². The number of fused-ring (bicyclic) bond motifs is 1. The number of aromatic nitrogens is 4. The van der Waals surface area contributed by atoms with Crippen LogP contribution in [0.4, 0.5) is 5.82 Å². The molecule has 4 heterocycles. The number of hydrogen-bond acceptors (Lipinski definition) is 8. The molecule has 23 heavy (non-hydrogen) atoms. The van der Waals surface area contributed by atoms with Gasteiger partial charge < -0.3 is 25.0 Å². The van der Waals surface area contributed by atoms with Crippen molar-refractivity contribution in [3.8, 4) is 0 Å². The zero-order valence-electron chi connectivity index (χ0n) is 12.5. The van der Waals surface area contributed by atoms with Crippen molar-refractivity contribution in [2.75, 3.05) is 24.6 Å². The minimum absolute atomic E-state index is 0.226. The predicted octanol–water partition coefficient (Wildman–Crippen LogP) is -0.962. The van der Waals surface area contributed by atoms with Gasteiger partial charge in [0.1, 0.15) is 18.7 Å². The number of anilines is 1. The lowest BCUT2D eigenvalue weighted by molar-refractivity contribution is -0.0432. The lowest BCUT2D eigenvalue weighted by Crippen LogP contribution is -2.24. The van der Waals surface area contributed by atoms with E-state index in [0.29, 0.717) is 36.4 Å². The van der Waals surface area contributed by atoms with E-state index < -0.39 is 18.4 Å². The average Bonchev–Trinajstić information content (AvgIpc) is 3.24. The van der Waals surface area contributed by atoms with Crippen LogP contribution in [0.25, 0.3) is 11.2 Å². The van der Waals surface area contributed by atoms with E-state index in [2.05, 4.69) is 15.0 Å². The van der Waals surface area contributed by atoms with E-state index in [1.54, 1.807) is 10.9 Å². The Morgan fingerprint density at radius 1 is 1.26 bits per heavy atom. The topological polar surface area (TPSA) is 117 Å². The summed E-state index contributed by atoms with van der Waals surface area (Å²) in [5.74, 6) is 0.697. The van der Waals surface area contributed by atoms with Gasteiger partial charge in [-0.05, 0) is 6.42 Å². The fourth-order valence-corrected chi connectivity index (χ4v) is 3.27. The van der Waals surface area contributed by atoms with Gasteiger partial charge in [0.25, 0.3) is 0 Å². The molecular weight excluding hydrogens is 302 g/mol. The Bertz CT molecular complexity index is 708. The summed E-state index contributed by atoms with van der Waals surface area (Å²) in [6.07, 6.45) is 2.10. The van der Waals surface area contributed by atoms with Gasteiger partial charge in [0, 0.05) is 19.5 Å². The second-order valence-corrected chi connectivity index (χ2v) is 6.02. The lowest BCUT2D eigenvalue weighted by Gasteiger charge is -2.17. The third-order valence-electron chi connectivity index (χ3n) is 4.50. The van der Waals surface area contributed by atoms with Gasteiger partial charge >= 0.3 is 0 Å². The highest BCUT2D eigenvalue weighted by Gasteiger charge is 2.35. The van der Waals surface area contributed by atoms with E-state index in [4.69, 9.17) is 4.74 Å². The summed E-state index contributed by atoms with van der Waals surface area (Å²) in [5, 5.41) is 28.8. The normalized spacial score (nSPS) is 31.3. The molecule has 0 radical (unpaired) electrons. The van der Waals surface area contributed by atoms with E-state index in [1.807, 2.05) is 4.90 Å². The smallest absolute Gasteiger partial charge is 0.167 e. The van der Waals surface area contributed by atoms with Crippen LogP contribution in [0.1, 0.15) is 19.1 Å². The number of ether oxygens (including phenoxy) is 1. The highest BCUT2D eigenvalue weighted by Crippen LogP contribution is 2.32. The molecule has 0 bridgehead atoms. The number of nitrogens with zero attached hydrogens (tertiary/aromatic N) is 5. The van der Waals surface area contributed by atoms with Crippen molar-refractivity contribution < 1.29 is 20.1 Å². The maximum atomic E-state index is 9.90. The summed E-state index contributed by atoms with van der Waals surface area (Å²) < 4.78 is 7.42. The number of aliphatic hydroxyl groups excluding tert-OH is 3. The fraction of sp³-hybridized carbons (Fsp3) is 0.643. The molecule has 2 aromatic rings. The molecule has 0 aromatic carbocycles. The highest BCUT2D eigenvalue weighted by molar-refractivity contribution is 5.83. The molecular formula is C14H19N5O4. The van der Waals surface area contributed by atoms with E-state index in [1.165, 1.54) is 6.33 Å². The summed E-state index contributed by atoms with van der Waals surface area (Å²) in [4.78, 5) is 15.0. The average molecular weight is 321 g/mol. The van der Waals surface area contributed by atoms with Crippen molar-refractivity contribution in [1.29, 1.82) is 0 Å². The SMILES string of the molecule is OC[C@H]1O[C@@H](n2cnc3c(N4CC[C@@H](O)C4)ncnc32)C[C@H]1O. The molecule has 3 N–H and O–H groups in total. The van der Waals surface area contributed by atoms with E-state index in [9.17, 15) is 15.3 Å².